The van der Waals surface area contributed by atoms with Gasteiger partial charge in [-0.05, 0) is 24.3 Å². The lowest BCUT2D eigenvalue weighted by molar-refractivity contribution is 0.0878. The van der Waals surface area contributed by atoms with Crippen molar-refractivity contribution in [2.24, 2.45) is 0 Å². The molecule has 5 nitrogen and oxygen atoms in total. The van der Waals surface area contributed by atoms with E-state index in [-0.39, 0.29) is 12.2 Å². The van der Waals surface area contributed by atoms with E-state index in [0.29, 0.717) is 17.1 Å². The predicted octanol–water partition coefficient (Wildman–Crippen LogP) is 1.74. The number of carbonyl (C=O) groups is 2. The third-order valence-electron chi connectivity index (χ3n) is 2.68. The Morgan fingerprint density at radius 3 is 2.78 bits per heavy atom. The summed E-state index contributed by atoms with van der Waals surface area (Å²) >= 11 is 0. The smallest absolute Gasteiger partial charge is 0.262 e. The number of hydrogen-bond donors (Lipinski definition) is 1. The summed E-state index contributed by atoms with van der Waals surface area (Å²) in [6, 6.07) is 8.45. The van der Waals surface area contributed by atoms with E-state index < -0.39 is 11.8 Å². The number of fused-ring (bicyclic) bond motifs is 1. The molecule has 90 valence electrons. The van der Waals surface area contributed by atoms with Crippen molar-refractivity contribution >= 4 is 11.8 Å². The van der Waals surface area contributed by atoms with E-state index in [9.17, 15) is 9.59 Å². The molecule has 2 heterocycles. The second-order valence-electron chi connectivity index (χ2n) is 3.83. The zero-order chi connectivity index (χ0) is 12.5. The molecule has 0 saturated heterocycles. The van der Waals surface area contributed by atoms with Crippen LogP contribution in [-0.4, -0.2) is 11.8 Å². The van der Waals surface area contributed by atoms with Crippen LogP contribution in [-0.2, 0) is 6.61 Å². The van der Waals surface area contributed by atoms with Gasteiger partial charge in [0, 0.05) is 0 Å². The van der Waals surface area contributed by atoms with Crippen LogP contribution in [0.4, 0.5) is 0 Å². The second kappa shape index (κ2) is 4.03. The number of amides is 2. The van der Waals surface area contributed by atoms with Gasteiger partial charge in [-0.15, -0.1) is 0 Å². The summed E-state index contributed by atoms with van der Waals surface area (Å²) in [6.45, 7) is 0.213. The van der Waals surface area contributed by atoms with Crippen LogP contribution in [0, 0.1) is 0 Å². The van der Waals surface area contributed by atoms with Gasteiger partial charge in [0.05, 0.1) is 17.4 Å². The summed E-state index contributed by atoms with van der Waals surface area (Å²) in [7, 11) is 0. The molecule has 1 aliphatic rings. The van der Waals surface area contributed by atoms with Crippen molar-refractivity contribution < 1.29 is 18.7 Å². The van der Waals surface area contributed by atoms with Crippen molar-refractivity contribution in [2.45, 2.75) is 6.61 Å². The third-order valence-corrected chi connectivity index (χ3v) is 2.68. The molecular formula is C13H9NO4. The van der Waals surface area contributed by atoms with Crippen molar-refractivity contribution in [3.8, 4) is 5.75 Å². The first-order valence-corrected chi connectivity index (χ1v) is 5.39. The fraction of sp³-hybridized carbons (Fsp3) is 0.0769. The molecule has 0 fully saturated rings. The Balaban J connectivity index is 1.89. The van der Waals surface area contributed by atoms with Crippen LogP contribution in [0.1, 0.15) is 26.5 Å². The lowest BCUT2D eigenvalue weighted by Crippen LogP contribution is -2.20. The maximum Gasteiger partial charge on any atom is 0.262 e. The Kier molecular flexibility index (Phi) is 2.37. The first kappa shape index (κ1) is 10.6. The number of benzene rings is 1. The SMILES string of the molecule is O=C1NC(=O)c2c(OCc3ccco3)cccc21. The molecule has 5 heteroatoms. The van der Waals surface area contributed by atoms with E-state index in [1.807, 2.05) is 0 Å². The minimum absolute atomic E-state index is 0.213. The van der Waals surface area contributed by atoms with Gasteiger partial charge in [-0.3, -0.25) is 14.9 Å². The zero-order valence-electron chi connectivity index (χ0n) is 9.30. The number of ether oxygens (including phenoxy) is 1. The number of carbonyl (C=O) groups excluding carboxylic acids is 2. The van der Waals surface area contributed by atoms with E-state index in [0.717, 1.165) is 0 Å². The van der Waals surface area contributed by atoms with Crippen LogP contribution in [0.25, 0.3) is 0 Å². The Morgan fingerprint density at radius 1 is 1.11 bits per heavy atom. The summed E-state index contributed by atoms with van der Waals surface area (Å²) in [5.74, 6) is 0.216. The van der Waals surface area contributed by atoms with Crippen LogP contribution in [0.3, 0.4) is 0 Å². The van der Waals surface area contributed by atoms with E-state index in [1.165, 1.54) is 0 Å². The Morgan fingerprint density at radius 2 is 2.00 bits per heavy atom. The minimum Gasteiger partial charge on any atom is -0.485 e. The van der Waals surface area contributed by atoms with Crippen molar-refractivity contribution in [2.75, 3.05) is 0 Å². The molecule has 18 heavy (non-hydrogen) atoms. The lowest BCUT2D eigenvalue weighted by Gasteiger charge is -2.07. The standard InChI is InChI=1S/C13H9NO4/c15-12-9-4-1-5-10(11(9)13(16)14-12)18-7-8-3-2-6-17-8/h1-6H,7H2,(H,14,15,16). The molecule has 2 amide bonds. The first-order chi connectivity index (χ1) is 8.75. The monoisotopic (exact) mass is 243 g/mol. The first-order valence-electron chi connectivity index (χ1n) is 5.39. The normalized spacial score (nSPS) is 13.3. The molecule has 0 bridgehead atoms. The molecular weight excluding hydrogens is 234 g/mol. The summed E-state index contributed by atoms with van der Waals surface area (Å²) in [5, 5.41) is 2.23. The summed E-state index contributed by atoms with van der Waals surface area (Å²) in [5.41, 5.74) is 0.631. The molecule has 1 aliphatic heterocycles. The van der Waals surface area contributed by atoms with Gasteiger partial charge < -0.3 is 9.15 Å². The maximum absolute atomic E-state index is 11.6. The van der Waals surface area contributed by atoms with Gasteiger partial charge in [0.15, 0.2) is 0 Å². The van der Waals surface area contributed by atoms with Gasteiger partial charge in [-0.2, -0.15) is 0 Å². The van der Waals surface area contributed by atoms with Gasteiger partial charge in [0.2, 0.25) is 0 Å². The number of furan rings is 1. The quantitative estimate of drug-likeness (QED) is 0.834. The minimum atomic E-state index is -0.426. The van der Waals surface area contributed by atoms with Gasteiger partial charge in [-0.1, -0.05) is 6.07 Å². The van der Waals surface area contributed by atoms with Gasteiger partial charge in [0.1, 0.15) is 18.1 Å². The molecule has 1 aromatic heterocycles. The summed E-state index contributed by atoms with van der Waals surface area (Å²) < 4.78 is 10.6. The Bertz CT molecular complexity index is 616. The Hall–Kier alpha value is -2.56. The topological polar surface area (TPSA) is 68.5 Å². The van der Waals surface area contributed by atoms with Gasteiger partial charge in [0.25, 0.3) is 11.8 Å². The average Bonchev–Trinajstić information content (AvgIpc) is 2.97. The van der Waals surface area contributed by atoms with Gasteiger partial charge >= 0.3 is 0 Å². The molecule has 0 aliphatic carbocycles. The lowest BCUT2D eigenvalue weighted by atomic mass is 10.1. The van der Waals surface area contributed by atoms with Crippen LogP contribution < -0.4 is 10.1 Å². The van der Waals surface area contributed by atoms with Crippen molar-refractivity contribution in [1.29, 1.82) is 0 Å². The highest BCUT2D eigenvalue weighted by Gasteiger charge is 2.30. The van der Waals surface area contributed by atoms with E-state index in [2.05, 4.69) is 5.32 Å². The second-order valence-corrected chi connectivity index (χ2v) is 3.83. The van der Waals surface area contributed by atoms with Crippen LogP contribution in [0.15, 0.2) is 41.0 Å². The van der Waals surface area contributed by atoms with Crippen LogP contribution >= 0.6 is 0 Å². The Labute approximate surface area is 102 Å². The zero-order valence-corrected chi connectivity index (χ0v) is 9.30. The van der Waals surface area contributed by atoms with Gasteiger partial charge in [-0.25, -0.2) is 0 Å². The molecule has 0 spiro atoms. The van der Waals surface area contributed by atoms with Crippen molar-refractivity contribution in [3.63, 3.8) is 0 Å². The summed E-state index contributed by atoms with van der Waals surface area (Å²) in [6.07, 6.45) is 1.55. The molecule has 0 unspecified atom stereocenters. The largest absolute Gasteiger partial charge is 0.485 e. The highest BCUT2D eigenvalue weighted by molar-refractivity contribution is 6.22. The highest BCUT2D eigenvalue weighted by Crippen LogP contribution is 2.26. The summed E-state index contributed by atoms with van der Waals surface area (Å²) in [4.78, 5) is 23.1. The van der Waals surface area contributed by atoms with Crippen molar-refractivity contribution in [1.82, 2.24) is 5.32 Å². The number of nitrogens with one attached hydrogen (secondary N) is 1. The fourth-order valence-corrected chi connectivity index (χ4v) is 1.85. The number of imide groups is 1. The maximum atomic E-state index is 11.6. The van der Waals surface area contributed by atoms with Crippen LogP contribution in [0.2, 0.25) is 0 Å². The number of hydrogen-bond acceptors (Lipinski definition) is 4. The molecule has 2 aromatic rings. The van der Waals surface area contributed by atoms with E-state index >= 15 is 0 Å². The number of rotatable bonds is 3. The van der Waals surface area contributed by atoms with Crippen molar-refractivity contribution in [3.05, 3.63) is 53.5 Å². The average molecular weight is 243 g/mol. The molecule has 1 aromatic carbocycles. The molecule has 0 saturated carbocycles. The third kappa shape index (κ3) is 1.66. The van der Waals surface area contributed by atoms with E-state index in [1.54, 1.807) is 36.6 Å². The molecule has 1 N–H and O–H groups in total. The fourth-order valence-electron chi connectivity index (χ4n) is 1.85. The molecule has 3 rings (SSSR count). The van der Waals surface area contributed by atoms with E-state index in [4.69, 9.17) is 9.15 Å². The molecule has 0 atom stereocenters. The predicted molar refractivity (Wildman–Crippen MR) is 61.3 cm³/mol. The van der Waals surface area contributed by atoms with Crippen LogP contribution in [0.5, 0.6) is 5.75 Å². The molecule has 0 radical (unpaired) electrons. The highest BCUT2D eigenvalue weighted by atomic mass is 16.5.